The summed E-state index contributed by atoms with van der Waals surface area (Å²) in [5.41, 5.74) is 2.78. The molecule has 2 heteroatoms. The van der Waals surface area contributed by atoms with E-state index in [2.05, 4.69) is 0 Å². The molecular formula is C15H11NO. The van der Waals surface area contributed by atoms with Crippen LogP contribution in [0.2, 0.25) is 0 Å². The largest absolute Gasteiger partial charge is 0.293 e. The van der Waals surface area contributed by atoms with E-state index in [0.717, 1.165) is 11.1 Å². The van der Waals surface area contributed by atoms with Crippen LogP contribution in [-0.4, -0.2) is 5.78 Å². The van der Waals surface area contributed by atoms with E-state index in [0.29, 0.717) is 5.56 Å². The summed E-state index contributed by atoms with van der Waals surface area (Å²) in [6, 6.07) is 19.2. The Bertz CT molecular complexity index is 550. The van der Waals surface area contributed by atoms with Crippen LogP contribution < -0.4 is 0 Å². The first kappa shape index (κ1) is 11.1. The fourth-order valence-electron chi connectivity index (χ4n) is 1.65. The minimum absolute atomic E-state index is 0.0648. The summed E-state index contributed by atoms with van der Waals surface area (Å²) < 4.78 is 0. The summed E-state index contributed by atoms with van der Waals surface area (Å²) in [5.74, 6) is -0.132. The molecule has 0 heterocycles. The summed E-state index contributed by atoms with van der Waals surface area (Å²) >= 11 is 0. The van der Waals surface area contributed by atoms with E-state index in [9.17, 15) is 4.79 Å². The van der Waals surface area contributed by atoms with Gasteiger partial charge in [-0.25, -0.2) is 0 Å². The Kier molecular flexibility index (Phi) is 3.32. The number of ketones is 1. The zero-order valence-corrected chi connectivity index (χ0v) is 9.26. The number of benzene rings is 2. The lowest BCUT2D eigenvalue weighted by molar-refractivity contribution is 0.0998. The predicted molar refractivity (Wildman–Crippen MR) is 66.4 cm³/mol. The van der Waals surface area contributed by atoms with Gasteiger partial charge in [0.1, 0.15) is 0 Å². The molecule has 0 radical (unpaired) electrons. The van der Waals surface area contributed by atoms with Gasteiger partial charge in [-0.2, -0.15) is 5.26 Å². The standard InChI is InChI=1S/C15H11NO/c16-11-10-15(17)14-8-6-13(7-9-14)12-4-2-1-3-5-12/h1-9H,10H2. The lowest BCUT2D eigenvalue weighted by atomic mass is 10.0. The Morgan fingerprint density at radius 2 is 1.53 bits per heavy atom. The van der Waals surface area contributed by atoms with Gasteiger partial charge in [0.05, 0.1) is 12.5 Å². The van der Waals surface area contributed by atoms with Crippen LogP contribution in [0, 0.1) is 11.3 Å². The highest BCUT2D eigenvalue weighted by atomic mass is 16.1. The molecule has 0 N–H and O–H groups in total. The quantitative estimate of drug-likeness (QED) is 0.745. The van der Waals surface area contributed by atoms with E-state index in [4.69, 9.17) is 5.26 Å². The van der Waals surface area contributed by atoms with Crippen molar-refractivity contribution in [3.8, 4) is 17.2 Å². The molecule has 0 aliphatic heterocycles. The van der Waals surface area contributed by atoms with E-state index < -0.39 is 0 Å². The minimum atomic E-state index is -0.132. The van der Waals surface area contributed by atoms with Crippen molar-refractivity contribution in [2.24, 2.45) is 0 Å². The number of Topliss-reactive ketones (excluding diaryl/α,β-unsaturated/α-hetero) is 1. The Morgan fingerprint density at radius 3 is 2.12 bits per heavy atom. The van der Waals surface area contributed by atoms with Crippen LogP contribution in [0.4, 0.5) is 0 Å². The molecule has 2 nitrogen and oxygen atoms in total. The van der Waals surface area contributed by atoms with Crippen molar-refractivity contribution in [3.05, 3.63) is 60.2 Å². The Balaban J connectivity index is 2.25. The number of carbonyl (C=O) groups is 1. The molecule has 0 spiro atoms. The van der Waals surface area contributed by atoms with Crippen LogP contribution in [0.15, 0.2) is 54.6 Å². The van der Waals surface area contributed by atoms with Gasteiger partial charge in [0.15, 0.2) is 5.78 Å². The molecule has 0 saturated heterocycles. The normalized spacial score (nSPS) is 9.59. The topological polar surface area (TPSA) is 40.9 Å². The number of hydrogen-bond donors (Lipinski definition) is 0. The van der Waals surface area contributed by atoms with Crippen molar-refractivity contribution in [2.45, 2.75) is 6.42 Å². The zero-order chi connectivity index (χ0) is 12.1. The average molecular weight is 221 g/mol. The van der Waals surface area contributed by atoms with E-state index in [1.807, 2.05) is 48.5 Å². The number of nitrogens with zero attached hydrogens (tertiary/aromatic N) is 1. The van der Waals surface area contributed by atoms with Crippen molar-refractivity contribution in [1.29, 1.82) is 5.26 Å². The first-order chi connectivity index (χ1) is 8.31. The SMILES string of the molecule is N#CCC(=O)c1ccc(-c2ccccc2)cc1. The molecule has 0 unspecified atom stereocenters. The Hall–Kier alpha value is -2.40. The summed E-state index contributed by atoms with van der Waals surface area (Å²) in [5, 5.41) is 8.46. The smallest absolute Gasteiger partial charge is 0.176 e. The monoisotopic (exact) mass is 221 g/mol. The van der Waals surface area contributed by atoms with Gasteiger partial charge in [-0.3, -0.25) is 4.79 Å². The lowest BCUT2D eigenvalue weighted by Gasteiger charge is -2.02. The van der Waals surface area contributed by atoms with Crippen LogP contribution in [0.1, 0.15) is 16.8 Å². The summed E-state index contributed by atoms with van der Waals surface area (Å²) in [6.45, 7) is 0. The average Bonchev–Trinajstić information content (AvgIpc) is 2.40. The first-order valence-corrected chi connectivity index (χ1v) is 5.37. The third-order valence-electron chi connectivity index (χ3n) is 2.55. The van der Waals surface area contributed by atoms with Gasteiger partial charge in [-0.15, -0.1) is 0 Å². The van der Waals surface area contributed by atoms with Crippen LogP contribution >= 0.6 is 0 Å². The fourth-order valence-corrected chi connectivity index (χ4v) is 1.65. The second-order valence-electron chi connectivity index (χ2n) is 3.70. The van der Waals surface area contributed by atoms with Gasteiger partial charge in [0.25, 0.3) is 0 Å². The molecule has 2 aromatic rings. The molecule has 0 fully saturated rings. The van der Waals surface area contributed by atoms with Crippen molar-refractivity contribution in [1.82, 2.24) is 0 Å². The first-order valence-electron chi connectivity index (χ1n) is 5.37. The van der Waals surface area contributed by atoms with Gasteiger partial charge < -0.3 is 0 Å². The maximum Gasteiger partial charge on any atom is 0.176 e. The van der Waals surface area contributed by atoms with Crippen molar-refractivity contribution in [2.75, 3.05) is 0 Å². The molecule has 82 valence electrons. The highest BCUT2D eigenvalue weighted by Crippen LogP contribution is 2.19. The van der Waals surface area contributed by atoms with E-state index in [-0.39, 0.29) is 12.2 Å². The van der Waals surface area contributed by atoms with Crippen molar-refractivity contribution < 1.29 is 4.79 Å². The fraction of sp³-hybridized carbons (Fsp3) is 0.0667. The molecule has 0 amide bonds. The molecule has 0 saturated carbocycles. The van der Waals surface area contributed by atoms with E-state index >= 15 is 0 Å². The Labute approximate surface area is 100 Å². The van der Waals surface area contributed by atoms with Crippen LogP contribution in [-0.2, 0) is 0 Å². The molecule has 2 aromatic carbocycles. The second-order valence-corrected chi connectivity index (χ2v) is 3.70. The molecule has 0 bridgehead atoms. The summed E-state index contributed by atoms with van der Waals surface area (Å²) in [7, 11) is 0. The third-order valence-corrected chi connectivity index (χ3v) is 2.55. The van der Waals surface area contributed by atoms with Crippen LogP contribution in [0.25, 0.3) is 11.1 Å². The van der Waals surface area contributed by atoms with Gasteiger partial charge in [-0.05, 0) is 11.1 Å². The summed E-state index contributed by atoms with van der Waals surface area (Å²) in [4.78, 5) is 11.5. The number of nitriles is 1. The Morgan fingerprint density at radius 1 is 0.941 bits per heavy atom. The number of rotatable bonds is 3. The second kappa shape index (κ2) is 5.09. The molecule has 2 rings (SSSR count). The van der Waals surface area contributed by atoms with Crippen molar-refractivity contribution >= 4 is 5.78 Å². The van der Waals surface area contributed by atoms with Crippen molar-refractivity contribution in [3.63, 3.8) is 0 Å². The molecule has 0 atom stereocenters. The van der Waals surface area contributed by atoms with Crippen LogP contribution in [0.3, 0.4) is 0 Å². The molecule has 0 aliphatic rings. The maximum absolute atomic E-state index is 11.5. The number of hydrogen-bond acceptors (Lipinski definition) is 2. The minimum Gasteiger partial charge on any atom is -0.293 e. The van der Waals surface area contributed by atoms with E-state index in [1.165, 1.54) is 0 Å². The molecule has 0 aliphatic carbocycles. The molecule has 17 heavy (non-hydrogen) atoms. The van der Waals surface area contributed by atoms with Gasteiger partial charge in [0.2, 0.25) is 0 Å². The lowest BCUT2D eigenvalue weighted by Crippen LogP contribution is -1.96. The predicted octanol–water partition coefficient (Wildman–Crippen LogP) is 3.45. The highest BCUT2D eigenvalue weighted by Gasteiger charge is 2.04. The highest BCUT2D eigenvalue weighted by molar-refractivity contribution is 5.97. The number of carbonyl (C=O) groups excluding carboxylic acids is 1. The van der Waals surface area contributed by atoms with E-state index in [1.54, 1.807) is 12.1 Å². The van der Waals surface area contributed by atoms with Gasteiger partial charge >= 0.3 is 0 Å². The maximum atomic E-state index is 11.5. The van der Waals surface area contributed by atoms with Gasteiger partial charge in [-0.1, -0.05) is 54.6 Å². The van der Waals surface area contributed by atoms with Crippen LogP contribution in [0.5, 0.6) is 0 Å². The zero-order valence-electron chi connectivity index (χ0n) is 9.26. The summed E-state index contributed by atoms with van der Waals surface area (Å²) in [6.07, 6.45) is -0.0648. The molecule has 0 aromatic heterocycles. The third kappa shape index (κ3) is 2.59. The van der Waals surface area contributed by atoms with Gasteiger partial charge in [0, 0.05) is 5.56 Å². The molecular weight excluding hydrogens is 210 g/mol.